The van der Waals surface area contributed by atoms with Crippen molar-refractivity contribution in [2.75, 3.05) is 6.61 Å². The smallest absolute Gasteiger partial charge is 0.458 e. The summed E-state index contributed by atoms with van der Waals surface area (Å²) in [5.74, 6) is -1.63. The summed E-state index contributed by atoms with van der Waals surface area (Å²) in [7, 11) is -5.22. The van der Waals surface area contributed by atoms with Crippen molar-refractivity contribution in [3.8, 4) is 0 Å². The second kappa shape index (κ2) is 11.1. The number of hydrogen-bond acceptors (Lipinski definition) is 9. The molecule has 0 aliphatic carbocycles. The van der Waals surface area contributed by atoms with Gasteiger partial charge in [0.2, 0.25) is 0 Å². The normalized spacial score (nSPS) is 23.4. The molecular formula is C25H24N3O10P. The van der Waals surface area contributed by atoms with E-state index < -0.39 is 57.0 Å². The number of pyridine rings is 1. The Balaban J connectivity index is 1.51. The Labute approximate surface area is 221 Å². The van der Waals surface area contributed by atoms with Gasteiger partial charge in [-0.25, -0.2) is 14.2 Å². The third-order valence-corrected chi connectivity index (χ3v) is 6.65. The number of aliphatic hydroxyl groups excluding tert-OH is 1. The van der Waals surface area contributed by atoms with E-state index >= 15 is 0 Å². The number of rotatable bonds is 8. The lowest BCUT2D eigenvalue weighted by molar-refractivity contribution is -0.246. The van der Waals surface area contributed by atoms with Crippen molar-refractivity contribution in [2.45, 2.75) is 30.6 Å². The van der Waals surface area contributed by atoms with E-state index in [1.54, 1.807) is 35.0 Å². The summed E-state index contributed by atoms with van der Waals surface area (Å²) in [6, 6.07) is 15.0. The highest BCUT2D eigenvalue weighted by Gasteiger charge is 2.52. The van der Waals surface area contributed by atoms with Gasteiger partial charge < -0.3 is 38.7 Å². The van der Waals surface area contributed by atoms with Gasteiger partial charge in [-0.3, -0.25) is 9.51 Å². The number of aromatic amines is 1. The number of carbonyl (C=O) groups is 2. The molecule has 4 heterocycles. The summed E-state index contributed by atoms with van der Waals surface area (Å²) in [5, 5.41) is 11.9. The van der Waals surface area contributed by atoms with E-state index in [0.717, 1.165) is 5.39 Å². The molecule has 39 heavy (non-hydrogen) atoms. The van der Waals surface area contributed by atoms with Crippen LogP contribution in [0.15, 0.2) is 79.4 Å². The van der Waals surface area contributed by atoms with E-state index in [1.165, 1.54) is 36.8 Å². The Morgan fingerprint density at radius 1 is 1.05 bits per heavy atom. The van der Waals surface area contributed by atoms with Gasteiger partial charge in [-0.2, -0.15) is 0 Å². The second-order valence-corrected chi connectivity index (χ2v) is 9.88. The standard InChI is InChI=1S/C25H24N3O10P/c29-20-19(14-35-25(31)17-7-4-11-27-17)36-23(28-12-9-15-5-1-2-8-18(15)28)22(21(20)38-39(32,33)34)37-24(30)16-6-3-10-26-13-16/h1-13,19-23,27,29H,14H2,(H2,32,33,34)/t19-,20-,21+,22-,23-/m1/s1. The predicted octanol–water partition coefficient (Wildman–Crippen LogP) is 2.18. The summed E-state index contributed by atoms with van der Waals surface area (Å²) in [5.41, 5.74) is 0.845. The van der Waals surface area contributed by atoms with Crippen molar-refractivity contribution < 1.29 is 47.8 Å². The van der Waals surface area contributed by atoms with Crippen molar-refractivity contribution in [1.82, 2.24) is 14.5 Å². The van der Waals surface area contributed by atoms with Crippen LogP contribution in [0.25, 0.3) is 10.9 Å². The number of phosphoric acid groups is 1. The maximum atomic E-state index is 13.0. The number of H-pyrrole nitrogens is 1. The molecule has 1 aliphatic heterocycles. The van der Waals surface area contributed by atoms with Crippen molar-refractivity contribution in [1.29, 1.82) is 0 Å². The molecule has 3 aromatic heterocycles. The predicted molar refractivity (Wildman–Crippen MR) is 133 cm³/mol. The zero-order valence-corrected chi connectivity index (χ0v) is 21.0. The topological polar surface area (TPSA) is 182 Å². The Morgan fingerprint density at radius 3 is 2.59 bits per heavy atom. The van der Waals surface area contributed by atoms with Crippen LogP contribution in [0.4, 0.5) is 0 Å². The average Bonchev–Trinajstić information content (AvgIpc) is 3.61. The first-order valence-electron chi connectivity index (χ1n) is 11.8. The van der Waals surface area contributed by atoms with Crippen molar-refractivity contribution >= 4 is 30.7 Å². The SMILES string of the molecule is O=C(O[C@@H]1[C@@H](OP(=O)(O)O)[C@H](O)[C@@H](COC(=O)c2ccc[nH]2)O[C@H]1n1ccc2ccccc21)c1cccnc1. The first kappa shape index (κ1) is 26.8. The number of nitrogens with zero attached hydrogens (tertiary/aromatic N) is 2. The van der Waals surface area contributed by atoms with Crippen LogP contribution in [0.3, 0.4) is 0 Å². The van der Waals surface area contributed by atoms with Gasteiger partial charge in [0.05, 0.1) is 11.1 Å². The van der Waals surface area contributed by atoms with Crippen LogP contribution in [-0.2, 0) is 23.3 Å². The van der Waals surface area contributed by atoms with E-state index in [-0.39, 0.29) is 11.3 Å². The number of aliphatic hydroxyl groups is 1. The van der Waals surface area contributed by atoms with Gasteiger partial charge in [0.1, 0.15) is 30.6 Å². The summed E-state index contributed by atoms with van der Waals surface area (Å²) >= 11 is 0. The Bertz CT molecular complexity index is 1490. The van der Waals surface area contributed by atoms with Crippen LogP contribution < -0.4 is 0 Å². The fourth-order valence-electron chi connectivity index (χ4n) is 4.37. The van der Waals surface area contributed by atoms with Crippen LogP contribution >= 0.6 is 7.82 Å². The minimum atomic E-state index is -5.22. The molecule has 1 aromatic carbocycles. The lowest BCUT2D eigenvalue weighted by Gasteiger charge is -2.44. The van der Waals surface area contributed by atoms with E-state index in [2.05, 4.69) is 9.97 Å². The largest absolute Gasteiger partial charge is 0.470 e. The Morgan fingerprint density at radius 2 is 1.87 bits per heavy atom. The van der Waals surface area contributed by atoms with Crippen LogP contribution in [0.1, 0.15) is 27.1 Å². The number of hydrogen-bond donors (Lipinski definition) is 4. The molecule has 1 aliphatic rings. The molecule has 5 rings (SSSR count). The van der Waals surface area contributed by atoms with Crippen LogP contribution in [-0.4, -0.2) is 72.4 Å². The van der Waals surface area contributed by atoms with E-state index in [9.17, 15) is 29.0 Å². The summed E-state index contributed by atoms with van der Waals surface area (Å²) in [4.78, 5) is 51.3. The monoisotopic (exact) mass is 557 g/mol. The minimum absolute atomic E-state index is 0.0556. The molecule has 0 bridgehead atoms. The quantitative estimate of drug-likeness (QED) is 0.184. The highest BCUT2D eigenvalue weighted by molar-refractivity contribution is 7.46. The molecule has 0 amide bonds. The number of esters is 2. The highest BCUT2D eigenvalue weighted by Crippen LogP contribution is 2.44. The van der Waals surface area contributed by atoms with Gasteiger partial charge in [0.15, 0.2) is 12.3 Å². The average molecular weight is 557 g/mol. The number of ether oxygens (including phenoxy) is 3. The molecule has 204 valence electrons. The van der Waals surface area contributed by atoms with Gasteiger partial charge >= 0.3 is 19.8 Å². The van der Waals surface area contributed by atoms with E-state index in [4.69, 9.17) is 18.7 Å². The van der Waals surface area contributed by atoms with Gasteiger partial charge in [-0.05, 0) is 41.8 Å². The fourth-order valence-corrected chi connectivity index (χ4v) is 4.93. The molecule has 13 nitrogen and oxygen atoms in total. The maximum Gasteiger partial charge on any atom is 0.470 e. The first-order chi connectivity index (χ1) is 18.7. The third-order valence-electron chi connectivity index (χ3n) is 6.14. The third kappa shape index (κ3) is 5.93. The van der Waals surface area contributed by atoms with Crippen LogP contribution in [0.5, 0.6) is 0 Å². The molecule has 4 N–H and O–H groups in total. The summed E-state index contributed by atoms with van der Waals surface area (Å²) in [6.07, 6.45) is -1.80. The fraction of sp³-hybridized carbons (Fsp3) is 0.240. The van der Waals surface area contributed by atoms with Crippen LogP contribution in [0.2, 0.25) is 0 Å². The molecule has 14 heteroatoms. The number of carbonyl (C=O) groups excluding carboxylic acids is 2. The number of para-hydroxylation sites is 1. The molecule has 4 aromatic rings. The lowest BCUT2D eigenvalue weighted by Crippen LogP contribution is -2.58. The summed E-state index contributed by atoms with van der Waals surface area (Å²) in [6.45, 7) is -0.501. The molecule has 0 unspecified atom stereocenters. The van der Waals surface area contributed by atoms with Crippen molar-refractivity contribution in [3.05, 3.63) is 90.6 Å². The lowest BCUT2D eigenvalue weighted by atomic mass is 9.97. The van der Waals surface area contributed by atoms with Gasteiger partial charge in [0.25, 0.3) is 0 Å². The molecular weight excluding hydrogens is 533 g/mol. The van der Waals surface area contributed by atoms with Gasteiger partial charge in [0, 0.05) is 24.8 Å². The molecule has 0 saturated carbocycles. The first-order valence-corrected chi connectivity index (χ1v) is 13.3. The number of aromatic nitrogens is 3. The molecule has 1 saturated heterocycles. The molecule has 5 atom stereocenters. The zero-order chi connectivity index (χ0) is 27.6. The second-order valence-electron chi connectivity index (χ2n) is 8.69. The van der Waals surface area contributed by atoms with Gasteiger partial charge in [-0.15, -0.1) is 0 Å². The Hall–Kier alpha value is -3.84. The molecule has 0 spiro atoms. The van der Waals surface area contributed by atoms with E-state index in [0.29, 0.717) is 5.52 Å². The highest BCUT2D eigenvalue weighted by atomic mass is 31.2. The Kier molecular flexibility index (Phi) is 7.62. The zero-order valence-electron chi connectivity index (χ0n) is 20.1. The minimum Gasteiger partial charge on any atom is -0.458 e. The van der Waals surface area contributed by atoms with E-state index in [1.807, 2.05) is 12.1 Å². The number of phosphoric ester groups is 1. The number of nitrogens with one attached hydrogen (secondary N) is 1. The maximum absolute atomic E-state index is 13.0. The number of benzene rings is 1. The van der Waals surface area contributed by atoms with Crippen molar-refractivity contribution in [2.24, 2.45) is 0 Å². The number of fused-ring (bicyclic) bond motifs is 1. The van der Waals surface area contributed by atoms with Crippen molar-refractivity contribution in [3.63, 3.8) is 0 Å². The van der Waals surface area contributed by atoms with Crippen LogP contribution in [0, 0.1) is 0 Å². The summed E-state index contributed by atoms with van der Waals surface area (Å²) < 4.78 is 35.6. The van der Waals surface area contributed by atoms with Gasteiger partial charge in [-0.1, -0.05) is 18.2 Å². The molecule has 1 fully saturated rings. The molecule has 0 radical (unpaired) electrons.